The molecule has 1 aliphatic heterocycles. The van der Waals surface area contributed by atoms with Gasteiger partial charge >= 0.3 is 5.97 Å². The largest absolute Gasteiger partial charge is 0.455 e. The number of ether oxygens (including phenoxy) is 1. The Morgan fingerprint density at radius 2 is 2.15 bits per heavy atom. The molecule has 0 N–H and O–H groups in total. The Labute approximate surface area is 154 Å². The van der Waals surface area contributed by atoms with E-state index in [4.69, 9.17) is 9.15 Å². The third-order valence-corrected chi connectivity index (χ3v) is 6.65. The predicted molar refractivity (Wildman–Crippen MR) is 95.5 cm³/mol. The first-order valence-corrected chi connectivity index (χ1v) is 10.7. The maximum atomic E-state index is 12.1. The SMILES string of the molecule is CN(C(=O)COC(=O)CSc1nc2ccccc2o1)[C@@H]1CCS(=O)(=O)C1. The van der Waals surface area contributed by atoms with Gasteiger partial charge in [0.25, 0.3) is 11.1 Å². The van der Waals surface area contributed by atoms with Crippen LogP contribution in [0.1, 0.15) is 6.42 Å². The van der Waals surface area contributed by atoms with Gasteiger partial charge in [-0.3, -0.25) is 9.59 Å². The third kappa shape index (κ3) is 4.55. The molecule has 0 spiro atoms. The van der Waals surface area contributed by atoms with E-state index in [1.165, 1.54) is 11.9 Å². The lowest BCUT2D eigenvalue weighted by Gasteiger charge is -2.23. The minimum atomic E-state index is -3.08. The summed E-state index contributed by atoms with van der Waals surface area (Å²) in [5.41, 5.74) is 1.33. The van der Waals surface area contributed by atoms with Crippen LogP contribution in [-0.2, 0) is 24.2 Å². The number of aromatic nitrogens is 1. The Morgan fingerprint density at radius 3 is 2.85 bits per heavy atom. The highest BCUT2D eigenvalue weighted by atomic mass is 32.2. The zero-order valence-electron chi connectivity index (χ0n) is 14.1. The van der Waals surface area contributed by atoms with Gasteiger partial charge in [-0.25, -0.2) is 13.4 Å². The van der Waals surface area contributed by atoms with Gasteiger partial charge in [0.1, 0.15) is 11.3 Å². The van der Waals surface area contributed by atoms with Crippen LogP contribution in [0.25, 0.3) is 11.1 Å². The van der Waals surface area contributed by atoms with Gasteiger partial charge in [-0.2, -0.15) is 0 Å². The Balaban J connectivity index is 1.44. The standard InChI is InChI=1S/C16H18N2O6S2/c1-18(11-6-7-26(21,22)10-11)14(19)8-23-15(20)9-25-16-17-12-4-2-3-5-13(12)24-16/h2-5,11H,6-10H2,1H3/t11-/m1/s1. The molecular formula is C16H18N2O6S2. The smallest absolute Gasteiger partial charge is 0.316 e. The number of fused-ring (bicyclic) bond motifs is 1. The number of oxazole rings is 1. The van der Waals surface area contributed by atoms with Crippen LogP contribution in [0.4, 0.5) is 0 Å². The fourth-order valence-corrected chi connectivity index (χ4v) is 5.01. The van der Waals surface area contributed by atoms with Crippen molar-refractivity contribution in [2.24, 2.45) is 0 Å². The van der Waals surface area contributed by atoms with Gasteiger partial charge in [0.2, 0.25) is 0 Å². The molecular weight excluding hydrogens is 380 g/mol. The van der Waals surface area contributed by atoms with Crippen LogP contribution in [0.5, 0.6) is 0 Å². The van der Waals surface area contributed by atoms with Crippen molar-refractivity contribution in [2.75, 3.05) is 30.9 Å². The van der Waals surface area contributed by atoms with E-state index in [2.05, 4.69) is 4.98 Å². The Hall–Kier alpha value is -2.07. The van der Waals surface area contributed by atoms with Gasteiger partial charge in [0.15, 0.2) is 22.0 Å². The molecule has 2 aromatic rings. The summed E-state index contributed by atoms with van der Waals surface area (Å²) in [6.07, 6.45) is 0.409. The highest BCUT2D eigenvalue weighted by molar-refractivity contribution is 7.99. The minimum Gasteiger partial charge on any atom is -0.455 e. The van der Waals surface area contributed by atoms with Crippen LogP contribution >= 0.6 is 11.8 Å². The Morgan fingerprint density at radius 1 is 1.38 bits per heavy atom. The van der Waals surface area contributed by atoms with Gasteiger partial charge in [0.05, 0.1) is 11.5 Å². The Bertz CT molecular complexity index is 891. The topological polar surface area (TPSA) is 107 Å². The van der Waals surface area contributed by atoms with Crippen LogP contribution in [0.3, 0.4) is 0 Å². The van der Waals surface area contributed by atoms with E-state index in [0.717, 1.165) is 11.8 Å². The summed E-state index contributed by atoms with van der Waals surface area (Å²) in [6.45, 7) is -0.417. The van der Waals surface area contributed by atoms with E-state index in [1.54, 1.807) is 12.1 Å². The van der Waals surface area contributed by atoms with Crippen LogP contribution < -0.4 is 0 Å². The maximum absolute atomic E-state index is 12.1. The van der Waals surface area contributed by atoms with E-state index in [9.17, 15) is 18.0 Å². The fraction of sp³-hybridized carbons (Fsp3) is 0.438. The summed E-state index contributed by atoms with van der Waals surface area (Å²) in [5, 5.41) is 0.350. The Kier molecular flexibility index (Phi) is 5.52. The number of carbonyl (C=O) groups is 2. The number of benzene rings is 1. The minimum absolute atomic E-state index is 0.0401. The molecule has 0 unspecified atom stereocenters. The van der Waals surface area contributed by atoms with Crippen molar-refractivity contribution in [1.29, 1.82) is 0 Å². The van der Waals surface area contributed by atoms with Crippen LogP contribution in [0, 0.1) is 0 Å². The predicted octanol–water partition coefficient (Wildman–Crippen LogP) is 1.11. The summed E-state index contributed by atoms with van der Waals surface area (Å²) < 4.78 is 33.4. The molecule has 1 amide bonds. The number of amides is 1. The van der Waals surface area contributed by atoms with Gasteiger partial charge in [-0.15, -0.1) is 0 Å². The van der Waals surface area contributed by atoms with Crippen molar-refractivity contribution in [3.05, 3.63) is 24.3 Å². The molecule has 0 radical (unpaired) electrons. The second kappa shape index (κ2) is 7.67. The number of sulfone groups is 1. The van der Waals surface area contributed by atoms with Crippen molar-refractivity contribution < 1.29 is 27.2 Å². The quantitative estimate of drug-likeness (QED) is 0.526. The zero-order chi connectivity index (χ0) is 18.7. The number of thioether (sulfide) groups is 1. The first-order valence-electron chi connectivity index (χ1n) is 7.94. The number of hydrogen-bond acceptors (Lipinski definition) is 8. The van der Waals surface area contributed by atoms with Gasteiger partial charge in [-0.1, -0.05) is 23.9 Å². The van der Waals surface area contributed by atoms with E-state index in [1.807, 2.05) is 12.1 Å². The highest BCUT2D eigenvalue weighted by Crippen LogP contribution is 2.23. The summed E-state index contributed by atoms with van der Waals surface area (Å²) in [7, 11) is -1.56. The number of nitrogens with zero attached hydrogens (tertiary/aromatic N) is 2. The van der Waals surface area contributed by atoms with Crippen molar-refractivity contribution >= 4 is 44.6 Å². The first kappa shape index (κ1) is 18.7. The van der Waals surface area contributed by atoms with Crippen molar-refractivity contribution in [3.63, 3.8) is 0 Å². The van der Waals surface area contributed by atoms with E-state index < -0.39 is 28.3 Å². The highest BCUT2D eigenvalue weighted by Gasteiger charge is 2.32. The monoisotopic (exact) mass is 398 g/mol. The second-order valence-electron chi connectivity index (χ2n) is 5.96. The summed E-state index contributed by atoms with van der Waals surface area (Å²) in [5.74, 6) is -1.00. The average molecular weight is 398 g/mol. The van der Waals surface area contributed by atoms with Crippen LogP contribution in [0.2, 0.25) is 0 Å². The lowest BCUT2D eigenvalue weighted by atomic mass is 10.2. The molecule has 3 rings (SSSR count). The number of likely N-dealkylation sites (N-methyl/N-ethyl adjacent to an activating group) is 1. The van der Waals surface area contributed by atoms with E-state index >= 15 is 0 Å². The fourth-order valence-electron chi connectivity index (χ4n) is 2.60. The van der Waals surface area contributed by atoms with E-state index in [0.29, 0.717) is 22.7 Å². The molecule has 10 heteroatoms. The molecule has 2 heterocycles. The van der Waals surface area contributed by atoms with Gasteiger partial charge < -0.3 is 14.1 Å². The molecule has 26 heavy (non-hydrogen) atoms. The van der Waals surface area contributed by atoms with Crippen molar-refractivity contribution in [1.82, 2.24) is 9.88 Å². The molecule has 1 aromatic heterocycles. The van der Waals surface area contributed by atoms with Gasteiger partial charge in [-0.05, 0) is 18.6 Å². The normalized spacial score (nSPS) is 18.7. The third-order valence-electron chi connectivity index (χ3n) is 4.09. The summed E-state index contributed by atoms with van der Waals surface area (Å²) in [6, 6.07) is 6.89. The lowest BCUT2D eigenvalue weighted by Crippen LogP contribution is -2.40. The van der Waals surface area contributed by atoms with Crippen LogP contribution in [-0.4, -0.2) is 67.1 Å². The summed E-state index contributed by atoms with van der Waals surface area (Å²) >= 11 is 1.08. The zero-order valence-corrected chi connectivity index (χ0v) is 15.7. The lowest BCUT2D eigenvalue weighted by molar-refractivity contribution is -0.150. The van der Waals surface area contributed by atoms with Crippen LogP contribution in [0.15, 0.2) is 33.9 Å². The first-order chi connectivity index (χ1) is 12.3. The number of rotatable bonds is 6. The molecule has 1 aromatic carbocycles. The maximum Gasteiger partial charge on any atom is 0.316 e. The molecule has 1 atom stereocenters. The number of para-hydroxylation sites is 2. The number of esters is 1. The molecule has 8 nitrogen and oxygen atoms in total. The second-order valence-corrected chi connectivity index (χ2v) is 9.11. The number of hydrogen-bond donors (Lipinski definition) is 0. The van der Waals surface area contributed by atoms with Crippen molar-refractivity contribution in [3.8, 4) is 0 Å². The molecule has 1 aliphatic rings. The molecule has 140 valence electrons. The molecule has 0 saturated carbocycles. The summed E-state index contributed by atoms with van der Waals surface area (Å²) in [4.78, 5) is 29.4. The van der Waals surface area contributed by atoms with Gasteiger partial charge in [0, 0.05) is 13.1 Å². The number of carbonyl (C=O) groups excluding carboxylic acids is 2. The molecule has 0 bridgehead atoms. The van der Waals surface area contributed by atoms with E-state index in [-0.39, 0.29) is 23.3 Å². The average Bonchev–Trinajstić information content (AvgIpc) is 3.19. The molecule has 1 fully saturated rings. The molecule has 0 aliphatic carbocycles. The van der Waals surface area contributed by atoms with Crippen molar-refractivity contribution in [2.45, 2.75) is 17.7 Å². The molecule has 1 saturated heterocycles.